The van der Waals surface area contributed by atoms with Crippen LogP contribution in [0.3, 0.4) is 0 Å². The van der Waals surface area contributed by atoms with Crippen LogP contribution in [0, 0.1) is 0 Å². The number of carbonyl (C=O) groups is 1. The molecular weight excluding hydrogens is 320 g/mol. The summed E-state index contributed by atoms with van der Waals surface area (Å²) in [5.74, 6) is -0.0373. The molecule has 1 amide bonds. The number of benzene rings is 2. The highest BCUT2D eigenvalue weighted by molar-refractivity contribution is 6.31. The molecule has 0 spiro atoms. The Hall–Kier alpha value is -1.84. The maximum Gasteiger partial charge on any atom is 0.251 e. The van der Waals surface area contributed by atoms with Gasteiger partial charge in [0.05, 0.1) is 6.04 Å². The summed E-state index contributed by atoms with van der Waals surface area (Å²) in [5.41, 5.74) is 1.78. The third-order valence-electron chi connectivity index (χ3n) is 4.59. The third kappa shape index (κ3) is 4.16. The van der Waals surface area contributed by atoms with Crippen molar-refractivity contribution < 1.29 is 4.79 Å². The van der Waals surface area contributed by atoms with Crippen LogP contribution in [0.15, 0.2) is 54.6 Å². The maximum atomic E-state index is 12.4. The van der Waals surface area contributed by atoms with E-state index in [1.54, 1.807) is 0 Å². The molecule has 0 unspecified atom stereocenters. The molecule has 2 aromatic rings. The Balaban J connectivity index is 1.75. The summed E-state index contributed by atoms with van der Waals surface area (Å²) in [6, 6.07) is 17.4. The normalized spacial score (nSPS) is 16.5. The highest BCUT2D eigenvalue weighted by Gasteiger charge is 2.24. The standard InChI is InChI=1S/C20H23ClN2O/c21-18-12-6-5-11-17(18)19(23-13-7-2-8-14-23)15-22-20(24)16-9-3-1-4-10-16/h1,3-6,9-12,19H,2,7-8,13-15H2,(H,22,24)/t19-/m0/s1. The average molecular weight is 343 g/mol. The van der Waals surface area contributed by atoms with E-state index in [4.69, 9.17) is 11.6 Å². The van der Waals surface area contributed by atoms with E-state index in [9.17, 15) is 4.79 Å². The number of halogens is 1. The smallest absolute Gasteiger partial charge is 0.251 e. The van der Waals surface area contributed by atoms with E-state index in [1.807, 2.05) is 48.5 Å². The van der Waals surface area contributed by atoms with Crippen molar-refractivity contribution in [1.29, 1.82) is 0 Å². The second-order valence-electron chi connectivity index (χ2n) is 6.21. The van der Waals surface area contributed by atoms with Crippen LogP contribution in [-0.2, 0) is 0 Å². The number of rotatable bonds is 5. The van der Waals surface area contributed by atoms with E-state index in [-0.39, 0.29) is 11.9 Å². The summed E-state index contributed by atoms with van der Waals surface area (Å²) >= 11 is 6.43. The molecule has 1 aliphatic heterocycles. The molecule has 3 rings (SSSR count). The van der Waals surface area contributed by atoms with E-state index in [2.05, 4.69) is 16.3 Å². The van der Waals surface area contributed by atoms with Crippen LogP contribution in [0.2, 0.25) is 5.02 Å². The topological polar surface area (TPSA) is 32.3 Å². The highest BCUT2D eigenvalue weighted by Crippen LogP contribution is 2.29. The van der Waals surface area contributed by atoms with Crippen molar-refractivity contribution in [2.75, 3.05) is 19.6 Å². The lowest BCUT2D eigenvalue weighted by Crippen LogP contribution is -2.40. The van der Waals surface area contributed by atoms with Crippen molar-refractivity contribution in [2.45, 2.75) is 25.3 Å². The minimum atomic E-state index is -0.0373. The molecule has 1 N–H and O–H groups in total. The Morgan fingerprint density at radius 3 is 2.38 bits per heavy atom. The molecular formula is C20H23ClN2O. The van der Waals surface area contributed by atoms with Gasteiger partial charge < -0.3 is 5.32 Å². The van der Waals surface area contributed by atoms with Crippen LogP contribution < -0.4 is 5.32 Å². The Morgan fingerprint density at radius 1 is 1.00 bits per heavy atom. The molecule has 0 saturated carbocycles. The van der Waals surface area contributed by atoms with Gasteiger partial charge in [0.2, 0.25) is 0 Å². The van der Waals surface area contributed by atoms with Crippen LogP contribution in [0.4, 0.5) is 0 Å². The van der Waals surface area contributed by atoms with Crippen molar-refractivity contribution in [3.63, 3.8) is 0 Å². The second kappa shape index (κ2) is 8.32. The highest BCUT2D eigenvalue weighted by atomic mass is 35.5. The Kier molecular flexibility index (Phi) is 5.89. The number of amides is 1. The molecule has 24 heavy (non-hydrogen) atoms. The first-order valence-corrected chi connectivity index (χ1v) is 8.95. The van der Waals surface area contributed by atoms with Gasteiger partial charge in [-0.05, 0) is 49.7 Å². The van der Waals surface area contributed by atoms with Crippen molar-refractivity contribution in [1.82, 2.24) is 10.2 Å². The van der Waals surface area contributed by atoms with Crippen molar-refractivity contribution in [3.8, 4) is 0 Å². The largest absolute Gasteiger partial charge is 0.350 e. The van der Waals surface area contributed by atoms with Gasteiger partial charge in [0.15, 0.2) is 0 Å². The lowest BCUT2D eigenvalue weighted by Gasteiger charge is -2.35. The van der Waals surface area contributed by atoms with Gasteiger partial charge in [-0.3, -0.25) is 9.69 Å². The monoisotopic (exact) mass is 342 g/mol. The molecule has 1 heterocycles. The molecule has 0 aliphatic carbocycles. The van der Waals surface area contributed by atoms with Crippen LogP contribution in [0.5, 0.6) is 0 Å². The summed E-state index contributed by atoms with van der Waals surface area (Å²) < 4.78 is 0. The van der Waals surface area contributed by atoms with E-state index >= 15 is 0 Å². The van der Waals surface area contributed by atoms with Gasteiger partial charge in [-0.15, -0.1) is 0 Å². The number of hydrogen-bond donors (Lipinski definition) is 1. The van der Waals surface area contributed by atoms with E-state index < -0.39 is 0 Å². The molecule has 2 aromatic carbocycles. The van der Waals surface area contributed by atoms with E-state index in [0.717, 1.165) is 23.7 Å². The fourth-order valence-corrected chi connectivity index (χ4v) is 3.55. The summed E-state index contributed by atoms with van der Waals surface area (Å²) in [5, 5.41) is 3.85. The molecule has 1 saturated heterocycles. The summed E-state index contributed by atoms with van der Waals surface area (Å²) in [7, 11) is 0. The number of carbonyl (C=O) groups excluding carboxylic acids is 1. The average Bonchev–Trinajstić information content (AvgIpc) is 2.65. The van der Waals surface area contributed by atoms with Crippen LogP contribution in [0.1, 0.15) is 41.2 Å². The summed E-state index contributed by atoms with van der Waals surface area (Å²) in [4.78, 5) is 14.8. The third-order valence-corrected chi connectivity index (χ3v) is 4.93. The number of nitrogens with zero attached hydrogens (tertiary/aromatic N) is 1. The molecule has 0 aromatic heterocycles. The lowest BCUT2D eigenvalue weighted by molar-refractivity contribution is 0.0924. The Morgan fingerprint density at radius 2 is 1.67 bits per heavy atom. The second-order valence-corrected chi connectivity index (χ2v) is 6.62. The van der Waals surface area contributed by atoms with E-state index in [0.29, 0.717) is 12.1 Å². The Labute approximate surface area is 148 Å². The summed E-state index contributed by atoms with van der Waals surface area (Å²) in [6.45, 7) is 2.67. The number of likely N-dealkylation sites (tertiary alicyclic amines) is 1. The molecule has 1 atom stereocenters. The van der Waals surface area contributed by atoms with Crippen molar-refractivity contribution >= 4 is 17.5 Å². The van der Waals surface area contributed by atoms with Crippen molar-refractivity contribution in [3.05, 3.63) is 70.7 Å². The minimum Gasteiger partial charge on any atom is -0.350 e. The molecule has 1 fully saturated rings. The fraction of sp³-hybridized carbons (Fsp3) is 0.350. The van der Waals surface area contributed by atoms with Gasteiger partial charge in [-0.25, -0.2) is 0 Å². The number of nitrogens with one attached hydrogen (secondary N) is 1. The quantitative estimate of drug-likeness (QED) is 0.878. The number of hydrogen-bond acceptors (Lipinski definition) is 2. The molecule has 1 aliphatic rings. The zero-order valence-corrected chi connectivity index (χ0v) is 14.5. The lowest BCUT2D eigenvalue weighted by atomic mass is 10.0. The molecule has 4 heteroatoms. The van der Waals surface area contributed by atoms with Gasteiger partial charge in [0, 0.05) is 17.1 Å². The predicted molar refractivity (Wildman–Crippen MR) is 98.4 cm³/mol. The SMILES string of the molecule is O=C(NC[C@@H](c1ccccc1Cl)N1CCCCC1)c1ccccc1. The number of piperidine rings is 1. The first-order valence-electron chi connectivity index (χ1n) is 8.57. The van der Waals surface area contributed by atoms with Gasteiger partial charge in [0.1, 0.15) is 0 Å². The first kappa shape index (κ1) is 17.0. The fourth-order valence-electron chi connectivity index (χ4n) is 3.29. The van der Waals surface area contributed by atoms with Gasteiger partial charge in [0.25, 0.3) is 5.91 Å². The summed E-state index contributed by atoms with van der Waals surface area (Å²) in [6.07, 6.45) is 3.68. The zero-order chi connectivity index (χ0) is 16.8. The minimum absolute atomic E-state index is 0.0373. The molecule has 0 bridgehead atoms. The molecule has 0 radical (unpaired) electrons. The van der Waals surface area contributed by atoms with E-state index in [1.165, 1.54) is 19.3 Å². The van der Waals surface area contributed by atoms with Gasteiger partial charge in [-0.1, -0.05) is 54.4 Å². The Bertz CT molecular complexity index is 668. The predicted octanol–water partition coefficient (Wildman–Crippen LogP) is 4.30. The van der Waals surface area contributed by atoms with Gasteiger partial charge in [-0.2, -0.15) is 0 Å². The van der Waals surface area contributed by atoms with Crippen molar-refractivity contribution in [2.24, 2.45) is 0 Å². The molecule has 3 nitrogen and oxygen atoms in total. The first-order chi connectivity index (χ1) is 11.8. The zero-order valence-electron chi connectivity index (χ0n) is 13.7. The van der Waals surface area contributed by atoms with Crippen LogP contribution >= 0.6 is 11.6 Å². The van der Waals surface area contributed by atoms with Gasteiger partial charge >= 0.3 is 0 Å². The van der Waals surface area contributed by atoms with Crippen LogP contribution in [0.25, 0.3) is 0 Å². The molecule has 126 valence electrons. The van der Waals surface area contributed by atoms with Crippen LogP contribution in [-0.4, -0.2) is 30.4 Å². The maximum absolute atomic E-state index is 12.4.